The first-order valence-electron chi connectivity index (χ1n) is 8.34. The van der Waals surface area contributed by atoms with Gasteiger partial charge in [-0.1, -0.05) is 31.5 Å². The van der Waals surface area contributed by atoms with Gasteiger partial charge in [0.15, 0.2) is 0 Å². The third-order valence-electron chi connectivity index (χ3n) is 3.75. The summed E-state index contributed by atoms with van der Waals surface area (Å²) < 4.78 is 0. The molecule has 0 aliphatic heterocycles. The molecule has 0 saturated carbocycles. The summed E-state index contributed by atoms with van der Waals surface area (Å²) in [5, 5.41) is 25.1. The fraction of sp³-hybridized carbons (Fsp3) is 0.529. The van der Waals surface area contributed by atoms with E-state index >= 15 is 0 Å². The molecule has 1 aromatic rings. The fourth-order valence-electron chi connectivity index (χ4n) is 2.61. The molecular weight excluding hydrogens is 362 g/mol. The van der Waals surface area contributed by atoms with E-state index in [4.69, 9.17) is 16.7 Å². The SMILES string of the molecule is CC(C)C[C@H](CCO)CNC(=O)CNC(=O)c1c(Cl)cccc1[N+](=O)[O-]. The van der Waals surface area contributed by atoms with E-state index in [0.717, 1.165) is 6.42 Å². The van der Waals surface area contributed by atoms with Gasteiger partial charge in [-0.3, -0.25) is 19.7 Å². The molecule has 0 aliphatic carbocycles. The number of carbonyl (C=O) groups excluding carboxylic acids is 2. The predicted molar refractivity (Wildman–Crippen MR) is 98.1 cm³/mol. The fourth-order valence-corrected chi connectivity index (χ4v) is 2.87. The van der Waals surface area contributed by atoms with E-state index < -0.39 is 22.4 Å². The van der Waals surface area contributed by atoms with Gasteiger partial charge in [-0.05, 0) is 30.7 Å². The van der Waals surface area contributed by atoms with Gasteiger partial charge >= 0.3 is 0 Å². The molecule has 0 bridgehead atoms. The summed E-state index contributed by atoms with van der Waals surface area (Å²) in [5.41, 5.74) is -0.694. The van der Waals surface area contributed by atoms with E-state index in [-0.39, 0.29) is 29.7 Å². The minimum Gasteiger partial charge on any atom is -0.396 e. The zero-order chi connectivity index (χ0) is 19.7. The van der Waals surface area contributed by atoms with Crippen LogP contribution in [-0.4, -0.2) is 41.5 Å². The van der Waals surface area contributed by atoms with Crippen molar-refractivity contribution in [3.63, 3.8) is 0 Å². The maximum atomic E-state index is 12.2. The molecule has 26 heavy (non-hydrogen) atoms. The number of nitrogens with zero attached hydrogens (tertiary/aromatic N) is 1. The average Bonchev–Trinajstić information content (AvgIpc) is 2.57. The number of aliphatic hydroxyl groups is 1. The zero-order valence-electron chi connectivity index (χ0n) is 14.8. The van der Waals surface area contributed by atoms with Crippen LogP contribution >= 0.6 is 11.6 Å². The van der Waals surface area contributed by atoms with Crippen LogP contribution in [-0.2, 0) is 4.79 Å². The molecule has 3 N–H and O–H groups in total. The summed E-state index contributed by atoms with van der Waals surface area (Å²) >= 11 is 5.88. The highest BCUT2D eigenvalue weighted by Crippen LogP contribution is 2.25. The van der Waals surface area contributed by atoms with Gasteiger partial charge in [0.05, 0.1) is 16.5 Å². The van der Waals surface area contributed by atoms with Gasteiger partial charge < -0.3 is 15.7 Å². The quantitative estimate of drug-likeness (QED) is 0.420. The first-order valence-corrected chi connectivity index (χ1v) is 8.72. The maximum Gasteiger partial charge on any atom is 0.283 e. The molecule has 0 radical (unpaired) electrons. The van der Waals surface area contributed by atoms with E-state index in [1.54, 1.807) is 0 Å². The molecule has 0 aliphatic rings. The number of nitro groups is 1. The second-order valence-electron chi connectivity index (χ2n) is 6.39. The number of carbonyl (C=O) groups is 2. The van der Waals surface area contributed by atoms with E-state index in [2.05, 4.69) is 24.5 Å². The number of halogens is 1. The molecule has 2 amide bonds. The molecule has 9 heteroatoms. The normalized spacial score (nSPS) is 11.9. The number of hydrogen-bond acceptors (Lipinski definition) is 5. The summed E-state index contributed by atoms with van der Waals surface area (Å²) in [4.78, 5) is 34.4. The van der Waals surface area contributed by atoms with Crippen molar-refractivity contribution < 1.29 is 19.6 Å². The van der Waals surface area contributed by atoms with Crippen molar-refractivity contribution >= 4 is 29.1 Å². The average molecular weight is 386 g/mol. The van der Waals surface area contributed by atoms with Gasteiger partial charge in [-0.15, -0.1) is 0 Å². The molecule has 144 valence electrons. The van der Waals surface area contributed by atoms with Gasteiger partial charge in [-0.2, -0.15) is 0 Å². The molecule has 1 rings (SSSR count). The summed E-state index contributed by atoms with van der Waals surface area (Å²) in [6, 6.07) is 3.92. The molecule has 0 aromatic heterocycles. The molecular formula is C17H24ClN3O5. The molecule has 0 heterocycles. The van der Waals surface area contributed by atoms with E-state index in [0.29, 0.717) is 18.9 Å². The first-order chi connectivity index (χ1) is 12.3. The topological polar surface area (TPSA) is 122 Å². The van der Waals surface area contributed by atoms with Crippen LogP contribution < -0.4 is 10.6 Å². The Balaban J connectivity index is 2.60. The van der Waals surface area contributed by atoms with Crippen LogP contribution in [0, 0.1) is 22.0 Å². The number of aliphatic hydroxyl groups excluding tert-OH is 1. The lowest BCUT2D eigenvalue weighted by Gasteiger charge is -2.18. The third kappa shape index (κ3) is 6.97. The lowest BCUT2D eigenvalue weighted by molar-refractivity contribution is -0.385. The minimum atomic E-state index is -0.786. The Kier molecular flexibility index (Phi) is 9.01. The Morgan fingerprint density at radius 3 is 2.58 bits per heavy atom. The van der Waals surface area contributed by atoms with Crippen LogP contribution in [0.2, 0.25) is 5.02 Å². The van der Waals surface area contributed by atoms with Crippen molar-refractivity contribution in [1.29, 1.82) is 0 Å². The molecule has 1 atom stereocenters. The molecule has 0 unspecified atom stereocenters. The highest BCUT2D eigenvalue weighted by molar-refractivity contribution is 6.34. The third-order valence-corrected chi connectivity index (χ3v) is 4.07. The Morgan fingerprint density at radius 2 is 2.00 bits per heavy atom. The Morgan fingerprint density at radius 1 is 1.31 bits per heavy atom. The number of rotatable bonds is 10. The van der Waals surface area contributed by atoms with Gasteiger partial charge in [-0.25, -0.2) is 0 Å². The van der Waals surface area contributed by atoms with E-state index in [1.807, 2.05) is 0 Å². The molecule has 0 spiro atoms. The summed E-state index contributed by atoms with van der Waals surface area (Å²) in [5.74, 6) is -0.625. The van der Waals surface area contributed by atoms with Gasteiger partial charge in [0.1, 0.15) is 5.56 Å². The van der Waals surface area contributed by atoms with Crippen LogP contribution in [0.4, 0.5) is 5.69 Å². The molecule has 8 nitrogen and oxygen atoms in total. The highest BCUT2D eigenvalue weighted by Gasteiger charge is 2.23. The minimum absolute atomic E-state index is 0.0418. The molecule has 0 fully saturated rings. The van der Waals surface area contributed by atoms with Crippen LogP contribution in [0.3, 0.4) is 0 Å². The zero-order valence-corrected chi connectivity index (χ0v) is 15.6. The van der Waals surface area contributed by atoms with E-state index in [1.165, 1.54) is 18.2 Å². The first kappa shape index (κ1) is 21.9. The van der Waals surface area contributed by atoms with Crippen LogP contribution in [0.15, 0.2) is 18.2 Å². The number of hydrogen-bond donors (Lipinski definition) is 3. The van der Waals surface area contributed by atoms with Crippen LogP contribution in [0.5, 0.6) is 0 Å². The number of benzene rings is 1. The maximum absolute atomic E-state index is 12.2. The number of nitro benzene ring substituents is 1. The smallest absolute Gasteiger partial charge is 0.283 e. The van der Waals surface area contributed by atoms with Crippen molar-refractivity contribution in [2.75, 3.05) is 19.7 Å². The lowest BCUT2D eigenvalue weighted by atomic mass is 9.94. The van der Waals surface area contributed by atoms with Gasteiger partial charge in [0.2, 0.25) is 5.91 Å². The van der Waals surface area contributed by atoms with Crippen molar-refractivity contribution in [2.45, 2.75) is 26.7 Å². The Bertz CT molecular complexity index is 651. The van der Waals surface area contributed by atoms with Crippen LogP contribution in [0.1, 0.15) is 37.0 Å². The largest absolute Gasteiger partial charge is 0.396 e. The highest BCUT2D eigenvalue weighted by atomic mass is 35.5. The summed E-state index contributed by atoms with van der Waals surface area (Å²) in [6.07, 6.45) is 1.44. The summed E-state index contributed by atoms with van der Waals surface area (Å²) in [7, 11) is 0. The second kappa shape index (κ2) is 10.7. The van der Waals surface area contributed by atoms with Crippen molar-refractivity contribution in [1.82, 2.24) is 10.6 Å². The molecule has 0 saturated heterocycles. The monoisotopic (exact) mass is 385 g/mol. The number of amides is 2. The van der Waals surface area contributed by atoms with Crippen molar-refractivity contribution in [2.24, 2.45) is 11.8 Å². The molecule has 1 aromatic carbocycles. The van der Waals surface area contributed by atoms with Crippen molar-refractivity contribution in [3.05, 3.63) is 38.9 Å². The van der Waals surface area contributed by atoms with Crippen molar-refractivity contribution in [3.8, 4) is 0 Å². The Labute approximate surface area is 157 Å². The summed E-state index contributed by atoms with van der Waals surface area (Å²) in [6.45, 7) is 4.22. The lowest BCUT2D eigenvalue weighted by Crippen LogP contribution is -2.39. The van der Waals surface area contributed by atoms with Gasteiger partial charge in [0.25, 0.3) is 11.6 Å². The van der Waals surface area contributed by atoms with Gasteiger partial charge in [0, 0.05) is 19.2 Å². The second-order valence-corrected chi connectivity index (χ2v) is 6.79. The Hall–Kier alpha value is -2.19. The van der Waals surface area contributed by atoms with Crippen LogP contribution in [0.25, 0.3) is 0 Å². The number of nitrogens with one attached hydrogen (secondary N) is 2. The van der Waals surface area contributed by atoms with E-state index in [9.17, 15) is 19.7 Å². The standard InChI is InChI=1S/C17H24ClN3O5/c1-11(2)8-12(6-7-22)9-19-15(23)10-20-17(24)16-13(18)4-3-5-14(16)21(25)26/h3-5,11-12,22H,6-10H2,1-2H3,(H,19,23)(H,20,24)/t12-/m0/s1. The predicted octanol–water partition coefficient (Wildman–Crippen LogP) is 2.14.